The number of aryl methyl sites for hydroxylation is 1. The molecule has 0 saturated heterocycles. The molecule has 0 fully saturated rings. The van der Waals surface area contributed by atoms with Gasteiger partial charge in [0, 0.05) is 12.1 Å². The summed E-state index contributed by atoms with van der Waals surface area (Å²) in [5.74, 6) is 1.33. The SMILES string of the molecule is CCCc1nc(C(=O)Nc2ccc(OCC)cc2)n[nH]1. The molecule has 2 aromatic rings. The quantitative estimate of drug-likeness (QED) is 0.847. The van der Waals surface area contributed by atoms with Gasteiger partial charge in [0.25, 0.3) is 5.91 Å². The lowest BCUT2D eigenvalue weighted by molar-refractivity contribution is 0.101. The first-order valence-electron chi connectivity index (χ1n) is 6.68. The minimum atomic E-state index is -0.326. The molecule has 6 heteroatoms. The van der Waals surface area contributed by atoms with Crippen LogP contribution in [0.1, 0.15) is 36.7 Å². The van der Waals surface area contributed by atoms with Crippen molar-refractivity contribution in [1.82, 2.24) is 15.2 Å². The van der Waals surface area contributed by atoms with Crippen LogP contribution in [0.5, 0.6) is 5.75 Å². The Morgan fingerprint density at radius 2 is 2.05 bits per heavy atom. The fraction of sp³-hybridized carbons (Fsp3) is 0.357. The fourth-order valence-corrected chi connectivity index (χ4v) is 1.73. The Kier molecular flexibility index (Phi) is 4.70. The molecule has 0 spiro atoms. The van der Waals surface area contributed by atoms with Gasteiger partial charge >= 0.3 is 0 Å². The van der Waals surface area contributed by atoms with Gasteiger partial charge in [-0.15, -0.1) is 5.10 Å². The summed E-state index contributed by atoms with van der Waals surface area (Å²) >= 11 is 0. The molecule has 106 valence electrons. The van der Waals surface area contributed by atoms with Gasteiger partial charge in [-0.3, -0.25) is 9.89 Å². The normalized spacial score (nSPS) is 10.3. The van der Waals surface area contributed by atoms with Gasteiger partial charge in [0.15, 0.2) is 0 Å². The third-order valence-electron chi connectivity index (χ3n) is 2.64. The van der Waals surface area contributed by atoms with E-state index in [0.717, 1.165) is 24.4 Å². The van der Waals surface area contributed by atoms with Crippen molar-refractivity contribution in [2.24, 2.45) is 0 Å². The average molecular weight is 274 g/mol. The summed E-state index contributed by atoms with van der Waals surface area (Å²) in [6.07, 6.45) is 1.73. The van der Waals surface area contributed by atoms with E-state index in [1.54, 1.807) is 24.3 Å². The van der Waals surface area contributed by atoms with Crippen molar-refractivity contribution in [1.29, 1.82) is 0 Å². The Morgan fingerprint density at radius 1 is 1.30 bits per heavy atom. The first-order valence-corrected chi connectivity index (χ1v) is 6.68. The molecule has 0 aliphatic carbocycles. The average Bonchev–Trinajstić information content (AvgIpc) is 2.90. The van der Waals surface area contributed by atoms with Crippen LogP contribution in [0.4, 0.5) is 5.69 Å². The highest BCUT2D eigenvalue weighted by Gasteiger charge is 2.12. The zero-order valence-electron chi connectivity index (χ0n) is 11.6. The number of hydrogen-bond acceptors (Lipinski definition) is 4. The van der Waals surface area contributed by atoms with Crippen molar-refractivity contribution in [3.63, 3.8) is 0 Å². The van der Waals surface area contributed by atoms with E-state index in [4.69, 9.17) is 4.74 Å². The molecule has 0 atom stereocenters. The summed E-state index contributed by atoms with van der Waals surface area (Å²) in [4.78, 5) is 16.1. The minimum Gasteiger partial charge on any atom is -0.494 e. The molecule has 0 aliphatic heterocycles. The number of aromatic nitrogens is 3. The van der Waals surface area contributed by atoms with Crippen molar-refractivity contribution < 1.29 is 9.53 Å². The molecular formula is C14H18N4O2. The lowest BCUT2D eigenvalue weighted by Gasteiger charge is -2.05. The highest BCUT2D eigenvalue weighted by molar-refractivity contribution is 6.01. The highest BCUT2D eigenvalue weighted by Crippen LogP contribution is 2.16. The third kappa shape index (κ3) is 3.57. The molecule has 1 aromatic heterocycles. The maximum atomic E-state index is 12.0. The Hall–Kier alpha value is -2.37. The molecule has 20 heavy (non-hydrogen) atoms. The second-order valence-electron chi connectivity index (χ2n) is 4.27. The number of rotatable bonds is 6. The number of nitrogens with zero attached hydrogens (tertiary/aromatic N) is 2. The van der Waals surface area contributed by atoms with Gasteiger partial charge in [0.1, 0.15) is 11.6 Å². The predicted octanol–water partition coefficient (Wildman–Crippen LogP) is 2.41. The number of carbonyl (C=O) groups is 1. The van der Waals surface area contributed by atoms with Crippen LogP contribution in [0.3, 0.4) is 0 Å². The minimum absolute atomic E-state index is 0.155. The molecule has 1 heterocycles. The van der Waals surface area contributed by atoms with E-state index >= 15 is 0 Å². The highest BCUT2D eigenvalue weighted by atomic mass is 16.5. The maximum Gasteiger partial charge on any atom is 0.295 e. The number of H-pyrrole nitrogens is 1. The number of hydrogen-bond donors (Lipinski definition) is 2. The second-order valence-corrected chi connectivity index (χ2v) is 4.27. The lowest BCUT2D eigenvalue weighted by Crippen LogP contribution is -2.13. The molecule has 1 aromatic carbocycles. The van der Waals surface area contributed by atoms with Crippen LogP contribution in [0.15, 0.2) is 24.3 Å². The number of ether oxygens (including phenoxy) is 1. The number of amides is 1. The summed E-state index contributed by atoms with van der Waals surface area (Å²) in [6, 6.07) is 7.17. The molecule has 0 bridgehead atoms. The molecule has 0 radical (unpaired) electrons. The van der Waals surface area contributed by atoms with Crippen molar-refractivity contribution in [3.05, 3.63) is 35.9 Å². The molecule has 0 aliphatic rings. The number of nitrogens with one attached hydrogen (secondary N) is 2. The second kappa shape index (κ2) is 6.70. The van der Waals surface area contributed by atoms with Gasteiger partial charge in [-0.1, -0.05) is 6.92 Å². The Labute approximate surface area is 117 Å². The van der Waals surface area contributed by atoms with E-state index in [-0.39, 0.29) is 11.7 Å². The Balaban J connectivity index is 1.99. The van der Waals surface area contributed by atoms with E-state index < -0.39 is 0 Å². The molecular weight excluding hydrogens is 256 g/mol. The third-order valence-corrected chi connectivity index (χ3v) is 2.64. The van der Waals surface area contributed by atoms with Gasteiger partial charge in [-0.25, -0.2) is 4.98 Å². The van der Waals surface area contributed by atoms with Crippen LogP contribution in [0.2, 0.25) is 0 Å². The van der Waals surface area contributed by atoms with Crippen molar-refractivity contribution >= 4 is 11.6 Å². The van der Waals surface area contributed by atoms with Gasteiger partial charge in [0.05, 0.1) is 6.61 Å². The van der Waals surface area contributed by atoms with Crippen LogP contribution >= 0.6 is 0 Å². The van der Waals surface area contributed by atoms with Crippen molar-refractivity contribution in [2.45, 2.75) is 26.7 Å². The van der Waals surface area contributed by atoms with Crippen molar-refractivity contribution in [2.75, 3.05) is 11.9 Å². The molecule has 1 amide bonds. The van der Waals surface area contributed by atoms with Gasteiger partial charge in [-0.2, -0.15) is 0 Å². The van der Waals surface area contributed by atoms with Crippen molar-refractivity contribution in [3.8, 4) is 5.75 Å². The summed E-state index contributed by atoms with van der Waals surface area (Å²) < 4.78 is 5.34. The van der Waals surface area contributed by atoms with Crippen LogP contribution in [-0.4, -0.2) is 27.7 Å². The Morgan fingerprint density at radius 3 is 2.70 bits per heavy atom. The van der Waals surface area contributed by atoms with Crippen LogP contribution < -0.4 is 10.1 Å². The monoisotopic (exact) mass is 274 g/mol. The summed E-state index contributed by atoms with van der Waals surface area (Å²) in [5, 5.41) is 9.41. The van der Waals surface area contributed by atoms with E-state index in [9.17, 15) is 4.79 Å². The van der Waals surface area contributed by atoms with E-state index in [1.807, 2.05) is 13.8 Å². The summed E-state index contributed by atoms with van der Waals surface area (Å²) in [5.41, 5.74) is 0.681. The van der Waals surface area contributed by atoms with Gasteiger partial charge in [0.2, 0.25) is 5.82 Å². The summed E-state index contributed by atoms with van der Waals surface area (Å²) in [7, 11) is 0. The Bertz CT molecular complexity index is 563. The van der Waals surface area contributed by atoms with Gasteiger partial charge in [-0.05, 0) is 37.6 Å². The number of aromatic amines is 1. The van der Waals surface area contributed by atoms with E-state index in [2.05, 4.69) is 20.5 Å². The molecule has 2 rings (SSSR count). The molecule has 0 saturated carbocycles. The molecule has 0 unspecified atom stereocenters. The lowest BCUT2D eigenvalue weighted by atomic mass is 10.3. The number of benzene rings is 1. The van der Waals surface area contributed by atoms with Gasteiger partial charge < -0.3 is 10.1 Å². The zero-order chi connectivity index (χ0) is 14.4. The van der Waals surface area contributed by atoms with E-state index in [0.29, 0.717) is 12.3 Å². The first-order chi connectivity index (χ1) is 9.72. The smallest absolute Gasteiger partial charge is 0.295 e. The molecule has 6 nitrogen and oxygen atoms in total. The maximum absolute atomic E-state index is 12.0. The first kappa shape index (κ1) is 14.0. The predicted molar refractivity (Wildman–Crippen MR) is 75.9 cm³/mol. The van der Waals surface area contributed by atoms with E-state index in [1.165, 1.54) is 0 Å². The van der Waals surface area contributed by atoms with Crippen LogP contribution in [0, 0.1) is 0 Å². The summed E-state index contributed by atoms with van der Waals surface area (Å²) in [6.45, 7) is 4.58. The number of anilines is 1. The standard InChI is InChI=1S/C14H18N4O2/c1-3-5-12-16-13(18-17-12)14(19)15-10-6-8-11(9-7-10)20-4-2/h6-9H,3-5H2,1-2H3,(H,15,19)(H,16,17,18). The van der Waals surface area contributed by atoms with Crippen LogP contribution in [0.25, 0.3) is 0 Å². The topological polar surface area (TPSA) is 79.9 Å². The fourth-order valence-electron chi connectivity index (χ4n) is 1.73. The zero-order valence-corrected chi connectivity index (χ0v) is 11.6. The number of carbonyl (C=O) groups excluding carboxylic acids is 1. The van der Waals surface area contributed by atoms with Crippen LogP contribution in [-0.2, 0) is 6.42 Å². The largest absolute Gasteiger partial charge is 0.494 e. The molecule has 2 N–H and O–H groups in total.